The van der Waals surface area contributed by atoms with Crippen molar-refractivity contribution in [2.45, 2.75) is 27.2 Å². The number of benzene rings is 1. The smallest absolute Gasteiger partial charge is 0.308 e. The van der Waals surface area contributed by atoms with Gasteiger partial charge in [0.25, 0.3) is 11.3 Å². The van der Waals surface area contributed by atoms with Gasteiger partial charge in [-0.3, -0.25) is 9.89 Å². The van der Waals surface area contributed by atoms with Crippen molar-refractivity contribution in [3.05, 3.63) is 50.7 Å². The maximum Gasteiger partial charge on any atom is 0.323 e. The fraction of sp³-hybridized carbons (Fsp3) is 0.250. The summed E-state index contributed by atoms with van der Waals surface area (Å²) >= 11 is 6.04. The topological polar surface area (TPSA) is 104 Å². The lowest BCUT2D eigenvalue weighted by Crippen LogP contribution is -2.28. The lowest BCUT2D eigenvalue weighted by atomic mass is 10.2. The van der Waals surface area contributed by atoms with Crippen molar-refractivity contribution < 1.29 is 4.79 Å². The zero-order chi connectivity index (χ0) is 18.1. The standard InChI is InChI=1S/C16H17ClN6O2/c1-4-12-20-15-18-9(3)13(14(24)23(15)22-12)21-16(25)19-10-6-5-8(2)11(17)7-10/h5-7H,4H2,1-3H3,(H,18,20,22)(H2,19,21,25). The van der Waals surface area contributed by atoms with Gasteiger partial charge in [-0.1, -0.05) is 24.6 Å². The maximum absolute atomic E-state index is 12.6. The average Bonchev–Trinajstić information content (AvgIpc) is 2.98. The van der Waals surface area contributed by atoms with Crippen LogP contribution in [0.3, 0.4) is 0 Å². The van der Waals surface area contributed by atoms with Crippen LogP contribution in [0, 0.1) is 13.8 Å². The van der Waals surface area contributed by atoms with Crippen LogP contribution in [-0.2, 0) is 6.42 Å². The minimum atomic E-state index is -0.558. The molecule has 0 spiro atoms. The van der Waals surface area contributed by atoms with Crippen LogP contribution in [0.25, 0.3) is 5.78 Å². The van der Waals surface area contributed by atoms with Crippen LogP contribution < -0.4 is 16.2 Å². The highest BCUT2D eigenvalue weighted by molar-refractivity contribution is 6.31. The Labute approximate surface area is 148 Å². The number of amides is 2. The number of urea groups is 1. The molecule has 0 radical (unpaired) electrons. The van der Waals surface area contributed by atoms with Crippen LogP contribution in [0.4, 0.5) is 16.2 Å². The second-order valence-corrected chi connectivity index (χ2v) is 5.99. The number of halogens is 1. The lowest BCUT2D eigenvalue weighted by Gasteiger charge is -2.09. The van der Waals surface area contributed by atoms with E-state index < -0.39 is 11.6 Å². The van der Waals surface area contributed by atoms with Crippen LogP contribution in [0.1, 0.15) is 24.0 Å². The van der Waals surface area contributed by atoms with Crippen LogP contribution >= 0.6 is 11.6 Å². The third-order valence-electron chi connectivity index (χ3n) is 3.73. The molecule has 1 aromatic carbocycles. The Morgan fingerprint density at radius 1 is 1.28 bits per heavy atom. The SMILES string of the molecule is CCc1nc2nc(C)c(NC(=O)Nc3ccc(C)c(Cl)c3)c(=O)n2[nH]1. The summed E-state index contributed by atoms with van der Waals surface area (Å²) < 4.78 is 1.21. The molecule has 0 fully saturated rings. The van der Waals surface area contributed by atoms with Crippen molar-refractivity contribution in [2.24, 2.45) is 0 Å². The van der Waals surface area contributed by atoms with Gasteiger partial charge in [0.15, 0.2) is 0 Å². The predicted molar refractivity (Wildman–Crippen MR) is 96.6 cm³/mol. The predicted octanol–water partition coefficient (Wildman–Crippen LogP) is 2.89. The van der Waals surface area contributed by atoms with E-state index in [1.165, 1.54) is 4.52 Å². The quantitative estimate of drug-likeness (QED) is 0.668. The summed E-state index contributed by atoms with van der Waals surface area (Å²) in [4.78, 5) is 33.2. The van der Waals surface area contributed by atoms with Gasteiger partial charge in [0, 0.05) is 17.1 Å². The number of nitrogens with one attached hydrogen (secondary N) is 3. The van der Waals surface area contributed by atoms with E-state index in [-0.39, 0.29) is 11.5 Å². The molecule has 3 aromatic rings. The fourth-order valence-corrected chi connectivity index (χ4v) is 2.49. The highest BCUT2D eigenvalue weighted by Gasteiger charge is 2.15. The first-order valence-corrected chi connectivity index (χ1v) is 8.09. The van der Waals surface area contributed by atoms with E-state index >= 15 is 0 Å². The van der Waals surface area contributed by atoms with Gasteiger partial charge >= 0.3 is 6.03 Å². The molecular formula is C16H17ClN6O2. The number of aryl methyl sites for hydroxylation is 3. The Hall–Kier alpha value is -2.87. The van der Waals surface area contributed by atoms with Crippen LogP contribution in [0.2, 0.25) is 5.02 Å². The number of H-pyrrole nitrogens is 1. The van der Waals surface area contributed by atoms with E-state index in [0.717, 1.165) is 5.56 Å². The normalized spacial score (nSPS) is 10.9. The highest BCUT2D eigenvalue weighted by atomic mass is 35.5. The number of rotatable bonds is 3. The molecule has 0 saturated heterocycles. The molecule has 0 saturated carbocycles. The molecule has 9 heteroatoms. The minimum absolute atomic E-state index is 0.0829. The third-order valence-corrected chi connectivity index (χ3v) is 4.13. The summed E-state index contributed by atoms with van der Waals surface area (Å²) in [6.07, 6.45) is 0.638. The number of fused-ring (bicyclic) bond motifs is 1. The van der Waals surface area contributed by atoms with Gasteiger partial charge in [-0.2, -0.15) is 9.50 Å². The molecule has 0 atom stereocenters. The molecule has 3 rings (SSSR count). The largest absolute Gasteiger partial charge is 0.323 e. The van der Waals surface area contributed by atoms with E-state index in [4.69, 9.17) is 11.6 Å². The van der Waals surface area contributed by atoms with E-state index in [0.29, 0.717) is 28.6 Å². The molecule has 2 amide bonds. The van der Waals surface area contributed by atoms with E-state index in [9.17, 15) is 9.59 Å². The molecule has 2 heterocycles. The number of hydrogen-bond acceptors (Lipinski definition) is 4. The molecule has 0 aliphatic carbocycles. The molecule has 0 aliphatic rings. The Morgan fingerprint density at radius 2 is 2.04 bits per heavy atom. The Bertz CT molecular complexity index is 1020. The number of aromatic nitrogens is 4. The van der Waals surface area contributed by atoms with Crippen LogP contribution in [0.5, 0.6) is 0 Å². The maximum atomic E-state index is 12.6. The Kier molecular flexibility index (Phi) is 4.45. The summed E-state index contributed by atoms with van der Waals surface area (Å²) in [5.74, 6) is 0.913. The Morgan fingerprint density at radius 3 is 2.72 bits per heavy atom. The first-order valence-electron chi connectivity index (χ1n) is 7.71. The zero-order valence-electron chi connectivity index (χ0n) is 14.0. The van der Waals surface area contributed by atoms with Gasteiger partial charge in [0.1, 0.15) is 11.5 Å². The molecule has 8 nitrogen and oxygen atoms in total. The summed E-state index contributed by atoms with van der Waals surface area (Å²) in [5.41, 5.74) is 1.47. The van der Waals surface area contributed by atoms with E-state index in [1.54, 1.807) is 25.1 Å². The fourth-order valence-electron chi connectivity index (χ4n) is 2.31. The van der Waals surface area contributed by atoms with Crippen molar-refractivity contribution in [3.8, 4) is 0 Å². The Balaban J connectivity index is 1.87. The van der Waals surface area contributed by atoms with Gasteiger partial charge in [-0.15, -0.1) is 0 Å². The van der Waals surface area contributed by atoms with Gasteiger partial charge in [0.2, 0.25) is 0 Å². The summed E-state index contributed by atoms with van der Waals surface area (Å²) in [6.45, 7) is 5.42. The monoisotopic (exact) mass is 360 g/mol. The van der Waals surface area contributed by atoms with Crippen LogP contribution in [0.15, 0.2) is 23.0 Å². The van der Waals surface area contributed by atoms with Crippen molar-refractivity contribution in [1.82, 2.24) is 19.6 Å². The van der Waals surface area contributed by atoms with Crippen molar-refractivity contribution >= 4 is 34.8 Å². The first-order chi connectivity index (χ1) is 11.9. The van der Waals surface area contributed by atoms with Crippen molar-refractivity contribution in [3.63, 3.8) is 0 Å². The minimum Gasteiger partial charge on any atom is -0.308 e. The van der Waals surface area contributed by atoms with Crippen molar-refractivity contribution in [2.75, 3.05) is 10.6 Å². The van der Waals surface area contributed by atoms with Gasteiger partial charge < -0.3 is 10.6 Å². The molecule has 25 heavy (non-hydrogen) atoms. The van der Waals surface area contributed by atoms with Gasteiger partial charge in [0.05, 0.1) is 5.69 Å². The average molecular weight is 361 g/mol. The molecular weight excluding hydrogens is 344 g/mol. The lowest BCUT2D eigenvalue weighted by molar-refractivity contribution is 0.262. The molecule has 0 aliphatic heterocycles. The molecule has 0 unspecified atom stereocenters. The van der Waals surface area contributed by atoms with Gasteiger partial charge in [-0.05, 0) is 31.5 Å². The van der Waals surface area contributed by atoms with E-state index in [2.05, 4.69) is 25.7 Å². The van der Waals surface area contributed by atoms with E-state index in [1.807, 2.05) is 13.8 Å². The number of anilines is 2. The molecule has 3 N–H and O–H groups in total. The zero-order valence-corrected chi connectivity index (χ0v) is 14.7. The number of carbonyl (C=O) groups excluding carboxylic acids is 1. The number of nitrogens with zero attached hydrogens (tertiary/aromatic N) is 3. The number of carbonyl (C=O) groups is 1. The third kappa shape index (κ3) is 3.34. The number of aromatic amines is 1. The highest BCUT2D eigenvalue weighted by Crippen LogP contribution is 2.20. The molecule has 130 valence electrons. The van der Waals surface area contributed by atoms with Gasteiger partial charge in [-0.25, -0.2) is 9.78 Å². The second-order valence-electron chi connectivity index (χ2n) is 5.58. The first kappa shape index (κ1) is 17.0. The van der Waals surface area contributed by atoms with Crippen LogP contribution in [-0.4, -0.2) is 25.6 Å². The summed E-state index contributed by atoms with van der Waals surface area (Å²) in [7, 11) is 0. The second kappa shape index (κ2) is 6.56. The summed E-state index contributed by atoms with van der Waals surface area (Å²) in [6, 6.07) is 4.60. The van der Waals surface area contributed by atoms with Crippen molar-refractivity contribution in [1.29, 1.82) is 0 Å². The molecule has 2 aromatic heterocycles. The number of hydrogen-bond donors (Lipinski definition) is 3. The molecule has 0 bridgehead atoms. The summed E-state index contributed by atoms with van der Waals surface area (Å²) in [5, 5.41) is 8.59.